The van der Waals surface area contributed by atoms with Crippen LogP contribution in [0.5, 0.6) is 0 Å². The van der Waals surface area contributed by atoms with Crippen LogP contribution in [0.1, 0.15) is 16.1 Å². The summed E-state index contributed by atoms with van der Waals surface area (Å²) in [6, 6.07) is 1.60. The molecule has 0 saturated carbocycles. The monoisotopic (exact) mass is 302 g/mol. The number of fused-ring (bicyclic) bond motifs is 1. The van der Waals surface area contributed by atoms with Gasteiger partial charge in [-0.25, -0.2) is 4.79 Å². The smallest absolute Gasteiger partial charge is 0.341 e. The van der Waals surface area contributed by atoms with E-state index in [4.69, 9.17) is 10.2 Å². The number of furan rings is 1. The van der Waals surface area contributed by atoms with Gasteiger partial charge in [0, 0.05) is 7.05 Å². The van der Waals surface area contributed by atoms with Crippen molar-refractivity contribution in [3.8, 4) is 0 Å². The summed E-state index contributed by atoms with van der Waals surface area (Å²) in [6.07, 6.45) is 3.00. The minimum atomic E-state index is -0.448. The van der Waals surface area contributed by atoms with Crippen LogP contribution in [-0.2, 0) is 18.3 Å². The Hall–Kier alpha value is -3.10. The standard InChI is InChI=1S/C13H14N6O3/c1-19-11-9(5-16-19)10(17-13(14)18-11)15-4-8-3-7(6-22-8)12(20)21-2/h3,5-6H,4H2,1-2H3,(H3,14,15,17,18). The highest BCUT2D eigenvalue weighted by Crippen LogP contribution is 2.21. The molecule has 3 aromatic rings. The molecule has 0 radical (unpaired) electrons. The summed E-state index contributed by atoms with van der Waals surface area (Å²) in [5.41, 5.74) is 6.68. The van der Waals surface area contributed by atoms with E-state index < -0.39 is 5.97 Å². The van der Waals surface area contributed by atoms with Gasteiger partial charge in [0.2, 0.25) is 5.95 Å². The molecule has 0 spiro atoms. The van der Waals surface area contributed by atoms with Gasteiger partial charge in [0.25, 0.3) is 0 Å². The normalized spacial score (nSPS) is 10.8. The molecule has 0 atom stereocenters. The van der Waals surface area contributed by atoms with E-state index in [1.165, 1.54) is 13.4 Å². The fourth-order valence-corrected chi connectivity index (χ4v) is 2.04. The van der Waals surface area contributed by atoms with Gasteiger partial charge < -0.3 is 20.2 Å². The largest absolute Gasteiger partial charge is 0.467 e. The molecular weight excluding hydrogens is 288 g/mol. The van der Waals surface area contributed by atoms with E-state index in [1.807, 2.05) is 0 Å². The average molecular weight is 302 g/mol. The first-order chi connectivity index (χ1) is 10.6. The quantitative estimate of drug-likeness (QED) is 0.683. The average Bonchev–Trinajstić information content (AvgIpc) is 3.12. The fourth-order valence-electron chi connectivity index (χ4n) is 2.04. The van der Waals surface area contributed by atoms with Gasteiger partial charge in [0.05, 0.1) is 30.8 Å². The van der Waals surface area contributed by atoms with Crippen LogP contribution >= 0.6 is 0 Å². The zero-order valence-electron chi connectivity index (χ0n) is 12.0. The predicted molar refractivity (Wildman–Crippen MR) is 78.1 cm³/mol. The summed E-state index contributed by atoms with van der Waals surface area (Å²) in [5.74, 6) is 0.811. The van der Waals surface area contributed by atoms with Gasteiger partial charge in [-0.15, -0.1) is 0 Å². The zero-order chi connectivity index (χ0) is 15.7. The van der Waals surface area contributed by atoms with Crippen molar-refractivity contribution in [1.82, 2.24) is 19.7 Å². The number of aromatic nitrogens is 4. The molecule has 0 saturated heterocycles. The zero-order valence-corrected chi connectivity index (χ0v) is 12.0. The van der Waals surface area contributed by atoms with Crippen LogP contribution in [0.15, 0.2) is 22.9 Å². The van der Waals surface area contributed by atoms with Crippen LogP contribution in [0.4, 0.5) is 11.8 Å². The van der Waals surface area contributed by atoms with E-state index in [0.29, 0.717) is 29.3 Å². The molecule has 0 aliphatic heterocycles. The molecule has 3 aromatic heterocycles. The van der Waals surface area contributed by atoms with Crippen molar-refractivity contribution >= 4 is 28.8 Å². The van der Waals surface area contributed by atoms with Gasteiger partial charge in [-0.1, -0.05) is 0 Å². The molecule has 0 aromatic carbocycles. The Morgan fingerprint density at radius 3 is 3.09 bits per heavy atom. The third-order valence-corrected chi connectivity index (χ3v) is 3.11. The number of hydrogen-bond acceptors (Lipinski definition) is 8. The molecule has 0 unspecified atom stereocenters. The summed E-state index contributed by atoms with van der Waals surface area (Å²) < 4.78 is 11.5. The minimum Gasteiger partial charge on any atom is -0.467 e. The third-order valence-electron chi connectivity index (χ3n) is 3.11. The molecule has 0 amide bonds. The highest BCUT2D eigenvalue weighted by Gasteiger charge is 2.13. The van der Waals surface area contributed by atoms with Crippen molar-refractivity contribution in [2.75, 3.05) is 18.2 Å². The van der Waals surface area contributed by atoms with Crippen molar-refractivity contribution in [3.05, 3.63) is 29.9 Å². The van der Waals surface area contributed by atoms with E-state index in [0.717, 1.165) is 5.39 Å². The molecule has 0 bridgehead atoms. The van der Waals surface area contributed by atoms with Gasteiger partial charge in [-0.3, -0.25) is 4.68 Å². The van der Waals surface area contributed by atoms with Crippen molar-refractivity contribution in [3.63, 3.8) is 0 Å². The lowest BCUT2D eigenvalue weighted by atomic mass is 10.3. The van der Waals surface area contributed by atoms with Crippen LogP contribution in [0, 0.1) is 0 Å². The topological polar surface area (TPSA) is 121 Å². The molecule has 0 aliphatic rings. The van der Waals surface area contributed by atoms with Crippen LogP contribution in [-0.4, -0.2) is 32.8 Å². The molecule has 114 valence electrons. The number of rotatable bonds is 4. The lowest BCUT2D eigenvalue weighted by molar-refractivity contribution is 0.0600. The van der Waals surface area contributed by atoms with Crippen molar-refractivity contribution in [1.29, 1.82) is 0 Å². The number of aryl methyl sites for hydroxylation is 1. The van der Waals surface area contributed by atoms with Crippen LogP contribution in [0.3, 0.4) is 0 Å². The minimum absolute atomic E-state index is 0.147. The summed E-state index contributed by atoms with van der Waals surface area (Å²) in [5, 5.41) is 7.97. The Kier molecular flexibility index (Phi) is 3.37. The fraction of sp³-hybridized carbons (Fsp3) is 0.231. The van der Waals surface area contributed by atoms with Gasteiger partial charge in [0.1, 0.15) is 17.8 Å². The number of nitrogens with zero attached hydrogens (tertiary/aromatic N) is 4. The third kappa shape index (κ3) is 2.43. The first kappa shape index (κ1) is 13.9. The molecule has 0 fully saturated rings. The number of carbonyl (C=O) groups is 1. The van der Waals surface area contributed by atoms with E-state index in [2.05, 4.69) is 25.1 Å². The predicted octanol–water partition coefficient (Wildman–Crippen LogP) is 0.937. The van der Waals surface area contributed by atoms with Crippen LogP contribution in [0.25, 0.3) is 11.0 Å². The maximum absolute atomic E-state index is 11.4. The number of hydrogen-bond donors (Lipinski definition) is 2. The number of nitrogens with two attached hydrogens (primary N) is 1. The number of methoxy groups -OCH3 is 1. The Labute approximate surface area is 125 Å². The number of ether oxygens (including phenoxy) is 1. The lowest BCUT2D eigenvalue weighted by Gasteiger charge is -2.05. The van der Waals surface area contributed by atoms with E-state index in [-0.39, 0.29) is 5.95 Å². The van der Waals surface area contributed by atoms with Gasteiger partial charge in [0.15, 0.2) is 5.65 Å². The molecule has 3 heterocycles. The molecule has 3 N–H and O–H groups in total. The van der Waals surface area contributed by atoms with Gasteiger partial charge in [-0.2, -0.15) is 15.1 Å². The molecular formula is C13H14N6O3. The number of carbonyl (C=O) groups excluding carboxylic acids is 1. The Bertz CT molecular complexity index is 838. The summed E-state index contributed by atoms with van der Waals surface area (Å²) in [6.45, 7) is 0.331. The molecule has 9 nitrogen and oxygen atoms in total. The maximum Gasteiger partial charge on any atom is 0.341 e. The Balaban J connectivity index is 1.82. The van der Waals surface area contributed by atoms with Crippen molar-refractivity contribution in [2.24, 2.45) is 7.05 Å². The molecule has 3 rings (SSSR count). The van der Waals surface area contributed by atoms with Gasteiger partial charge >= 0.3 is 5.97 Å². The summed E-state index contributed by atoms with van der Waals surface area (Å²) in [7, 11) is 3.09. The first-order valence-corrected chi connectivity index (χ1v) is 6.43. The summed E-state index contributed by atoms with van der Waals surface area (Å²) in [4.78, 5) is 19.7. The number of nitrogen functional groups attached to an aromatic ring is 1. The molecule has 9 heteroatoms. The van der Waals surface area contributed by atoms with Crippen molar-refractivity contribution < 1.29 is 13.9 Å². The SMILES string of the molecule is COC(=O)c1coc(CNc2nc(N)nc3c2cnn3C)c1. The highest BCUT2D eigenvalue weighted by atomic mass is 16.5. The van der Waals surface area contributed by atoms with E-state index >= 15 is 0 Å². The number of anilines is 2. The Morgan fingerprint density at radius 2 is 2.32 bits per heavy atom. The lowest BCUT2D eigenvalue weighted by Crippen LogP contribution is -2.05. The first-order valence-electron chi connectivity index (χ1n) is 6.43. The van der Waals surface area contributed by atoms with Crippen molar-refractivity contribution in [2.45, 2.75) is 6.54 Å². The number of nitrogens with one attached hydrogen (secondary N) is 1. The summed E-state index contributed by atoms with van der Waals surface area (Å²) >= 11 is 0. The maximum atomic E-state index is 11.4. The van der Waals surface area contributed by atoms with E-state index in [1.54, 1.807) is 24.0 Å². The molecule has 0 aliphatic carbocycles. The highest BCUT2D eigenvalue weighted by molar-refractivity contribution is 5.89. The van der Waals surface area contributed by atoms with Crippen LogP contribution < -0.4 is 11.1 Å². The second-order valence-electron chi connectivity index (χ2n) is 4.58. The molecule has 22 heavy (non-hydrogen) atoms. The Morgan fingerprint density at radius 1 is 1.50 bits per heavy atom. The second-order valence-corrected chi connectivity index (χ2v) is 4.58. The van der Waals surface area contributed by atoms with Gasteiger partial charge in [-0.05, 0) is 6.07 Å². The second kappa shape index (κ2) is 5.35. The van der Waals surface area contributed by atoms with Crippen LogP contribution in [0.2, 0.25) is 0 Å². The van der Waals surface area contributed by atoms with E-state index in [9.17, 15) is 4.79 Å². The number of esters is 1.